The largest absolute Gasteiger partial charge is 0.456 e. The highest BCUT2D eigenvalue weighted by atomic mass is 16.5. The second-order valence-electron chi connectivity index (χ2n) is 6.74. The van der Waals surface area contributed by atoms with E-state index in [1.165, 1.54) is 6.08 Å². The van der Waals surface area contributed by atoms with Crippen LogP contribution in [0.2, 0.25) is 0 Å². The lowest BCUT2D eigenvalue weighted by Gasteiger charge is -2.13. The van der Waals surface area contributed by atoms with Gasteiger partial charge in [0, 0.05) is 18.3 Å². The van der Waals surface area contributed by atoms with Crippen LogP contribution in [0.4, 0.5) is 5.69 Å². The minimum atomic E-state index is -0.551. The molecule has 2 aromatic carbocycles. The van der Waals surface area contributed by atoms with Crippen molar-refractivity contribution in [3.63, 3.8) is 0 Å². The molecule has 0 bridgehead atoms. The number of benzene rings is 2. The Labute approximate surface area is 171 Å². The van der Waals surface area contributed by atoms with Crippen LogP contribution in [0.1, 0.15) is 37.3 Å². The number of hydrogen-bond acceptors (Lipinski definition) is 4. The summed E-state index contributed by atoms with van der Waals surface area (Å²) in [6, 6.07) is 16.9. The Bertz CT molecular complexity index is 860. The Hall–Kier alpha value is -3.41. The molecule has 0 aromatic heterocycles. The summed E-state index contributed by atoms with van der Waals surface area (Å²) in [5.74, 6) is -0.996. The number of hydrogen-bond donors (Lipinski definition) is 2. The van der Waals surface area contributed by atoms with Crippen molar-refractivity contribution in [2.24, 2.45) is 0 Å². The lowest BCUT2D eigenvalue weighted by Crippen LogP contribution is -2.26. The summed E-state index contributed by atoms with van der Waals surface area (Å²) in [5.41, 5.74) is 2.63. The summed E-state index contributed by atoms with van der Waals surface area (Å²) in [6.07, 6.45) is 3.08. The summed E-state index contributed by atoms with van der Waals surface area (Å²) in [7, 11) is 0. The lowest BCUT2D eigenvalue weighted by molar-refractivity contribution is -0.147. The summed E-state index contributed by atoms with van der Waals surface area (Å²) >= 11 is 0. The van der Waals surface area contributed by atoms with E-state index in [0.29, 0.717) is 5.69 Å². The normalized spacial score (nSPS) is 10.7. The molecule has 2 amide bonds. The number of nitrogens with one attached hydrogen (secondary N) is 2. The third-order valence-corrected chi connectivity index (χ3v) is 4.08. The Kier molecular flexibility index (Phi) is 8.63. The second-order valence-corrected chi connectivity index (χ2v) is 6.74. The van der Waals surface area contributed by atoms with Gasteiger partial charge in [0.2, 0.25) is 5.91 Å². The zero-order chi connectivity index (χ0) is 21.1. The van der Waals surface area contributed by atoms with Crippen molar-refractivity contribution in [2.45, 2.75) is 26.2 Å². The number of carbonyl (C=O) groups is 3. The van der Waals surface area contributed by atoms with Crippen LogP contribution in [-0.2, 0) is 19.1 Å². The third-order valence-electron chi connectivity index (χ3n) is 4.08. The SMILES string of the molecule is CC(C)c1ccccc1NC(=O)COC(=O)CCNC(=O)/C=C/c1ccccc1. The maximum atomic E-state index is 12.0. The third kappa shape index (κ3) is 8.01. The number of amides is 2. The first kappa shape index (κ1) is 21.9. The molecule has 0 aliphatic carbocycles. The molecule has 2 rings (SSSR count). The number of carbonyl (C=O) groups excluding carboxylic acids is 3. The van der Waals surface area contributed by atoms with E-state index < -0.39 is 11.9 Å². The first-order valence-corrected chi connectivity index (χ1v) is 9.51. The maximum Gasteiger partial charge on any atom is 0.308 e. The fourth-order valence-corrected chi connectivity index (χ4v) is 2.60. The zero-order valence-corrected chi connectivity index (χ0v) is 16.7. The highest BCUT2D eigenvalue weighted by Crippen LogP contribution is 2.23. The van der Waals surface area contributed by atoms with Gasteiger partial charge in [0.25, 0.3) is 5.91 Å². The highest BCUT2D eigenvalue weighted by Gasteiger charge is 2.11. The van der Waals surface area contributed by atoms with E-state index in [-0.39, 0.29) is 31.4 Å². The lowest BCUT2D eigenvalue weighted by atomic mass is 10.0. The molecule has 0 spiro atoms. The van der Waals surface area contributed by atoms with E-state index in [1.54, 1.807) is 6.08 Å². The molecule has 2 aromatic rings. The van der Waals surface area contributed by atoms with Crippen LogP contribution in [0.15, 0.2) is 60.7 Å². The molecule has 6 heteroatoms. The molecule has 0 aliphatic heterocycles. The Morgan fingerprint density at radius 2 is 1.69 bits per heavy atom. The molecule has 0 saturated heterocycles. The average molecular weight is 394 g/mol. The fraction of sp³-hybridized carbons (Fsp3) is 0.261. The van der Waals surface area contributed by atoms with Gasteiger partial charge < -0.3 is 15.4 Å². The van der Waals surface area contributed by atoms with E-state index in [9.17, 15) is 14.4 Å². The quantitative estimate of drug-likeness (QED) is 0.503. The second kappa shape index (κ2) is 11.4. The standard InChI is InChI=1S/C23H26N2O4/c1-17(2)19-10-6-7-11-20(19)25-22(27)16-29-23(28)14-15-24-21(26)13-12-18-8-4-3-5-9-18/h3-13,17H,14-16H2,1-2H3,(H,24,26)(H,25,27)/b13-12+. The van der Waals surface area contributed by atoms with E-state index in [4.69, 9.17) is 4.74 Å². The van der Waals surface area contributed by atoms with Crippen molar-refractivity contribution >= 4 is 29.5 Å². The molecule has 0 aliphatic rings. The summed E-state index contributed by atoms with van der Waals surface area (Å²) in [5, 5.41) is 5.36. The molecule has 2 N–H and O–H groups in total. The van der Waals surface area contributed by atoms with Gasteiger partial charge in [-0.3, -0.25) is 14.4 Å². The van der Waals surface area contributed by atoms with Gasteiger partial charge in [0.1, 0.15) is 0 Å². The fourth-order valence-electron chi connectivity index (χ4n) is 2.60. The number of para-hydroxylation sites is 1. The smallest absolute Gasteiger partial charge is 0.308 e. The molecule has 0 unspecified atom stereocenters. The van der Waals surface area contributed by atoms with Crippen molar-refractivity contribution in [3.05, 3.63) is 71.8 Å². The van der Waals surface area contributed by atoms with Crippen molar-refractivity contribution in [1.82, 2.24) is 5.32 Å². The van der Waals surface area contributed by atoms with Crippen molar-refractivity contribution in [1.29, 1.82) is 0 Å². The van der Waals surface area contributed by atoms with Crippen LogP contribution >= 0.6 is 0 Å². The molecule has 0 heterocycles. The zero-order valence-electron chi connectivity index (χ0n) is 16.7. The van der Waals surface area contributed by atoms with E-state index in [2.05, 4.69) is 10.6 Å². The maximum absolute atomic E-state index is 12.0. The van der Waals surface area contributed by atoms with Crippen LogP contribution in [-0.4, -0.2) is 30.9 Å². The van der Waals surface area contributed by atoms with Crippen molar-refractivity contribution in [3.8, 4) is 0 Å². The highest BCUT2D eigenvalue weighted by molar-refractivity contribution is 5.94. The minimum Gasteiger partial charge on any atom is -0.456 e. The molecule has 0 saturated carbocycles. The summed E-state index contributed by atoms with van der Waals surface area (Å²) < 4.78 is 4.97. The van der Waals surface area contributed by atoms with Crippen LogP contribution in [0.3, 0.4) is 0 Å². The topological polar surface area (TPSA) is 84.5 Å². The van der Waals surface area contributed by atoms with Gasteiger partial charge in [-0.15, -0.1) is 0 Å². The minimum absolute atomic E-state index is 0.0131. The van der Waals surface area contributed by atoms with Gasteiger partial charge in [0.15, 0.2) is 6.61 Å². The predicted octanol–water partition coefficient (Wildman–Crippen LogP) is 3.51. The van der Waals surface area contributed by atoms with Crippen LogP contribution in [0, 0.1) is 0 Å². The van der Waals surface area contributed by atoms with Gasteiger partial charge >= 0.3 is 5.97 Å². The van der Waals surface area contributed by atoms with E-state index in [1.807, 2.05) is 68.4 Å². The predicted molar refractivity (Wildman–Crippen MR) is 113 cm³/mol. The number of rotatable bonds is 9. The van der Waals surface area contributed by atoms with Gasteiger partial charge in [0.05, 0.1) is 6.42 Å². The summed E-state index contributed by atoms with van der Waals surface area (Å²) in [4.78, 5) is 35.5. The van der Waals surface area contributed by atoms with Crippen LogP contribution in [0.25, 0.3) is 6.08 Å². The molecule has 6 nitrogen and oxygen atoms in total. The van der Waals surface area contributed by atoms with Crippen LogP contribution in [0.5, 0.6) is 0 Å². The van der Waals surface area contributed by atoms with Crippen molar-refractivity contribution < 1.29 is 19.1 Å². The molecule has 0 fully saturated rings. The van der Waals surface area contributed by atoms with E-state index in [0.717, 1.165) is 11.1 Å². The molecule has 0 radical (unpaired) electrons. The first-order chi connectivity index (χ1) is 14.0. The average Bonchev–Trinajstić information content (AvgIpc) is 2.72. The van der Waals surface area contributed by atoms with E-state index >= 15 is 0 Å². The monoisotopic (exact) mass is 394 g/mol. The first-order valence-electron chi connectivity index (χ1n) is 9.51. The Morgan fingerprint density at radius 3 is 2.41 bits per heavy atom. The van der Waals surface area contributed by atoms with Gasteiger partial charge in [-0.25, -0.2) is 0 Å². The summed E-state index contributed by atoms with van der Waals surface area (Å²) in [6.45, 7) is 3.84. The van der Waals surface area contributed by atoms with Gasteiger partial charge in [-0.05, 0) is 29.2 Å². The Morgan fingerprint density at radius 1 is 1.00 bits per heavy atom. The molecule has 0 atom stereocenters. The molecular formula is C23H26N2O4. The molecule has 152 valence electrons. The molecule has 29 heavy (non-hydrogen) atoms. The number of esters is 1. The Balaban J connectivity index is 1.67. The van der Waals surface area contributed by atoms with Crippen LogP contribution < -0.4 is 10.6 Å². The number of anilines is 1. The number of ether oxygens (including phenoxy) is 1. The molecular weight excluding hydrogens is 368 g/mol. The van der Waals surface area contributed by atoms with Gasteiger partial charge in [-0.2, -0.15) is 0 Å². The van der Waals surface area contributed by atoms with Crippen molar-refractivity contribution in [2.75, 3.05) is 18.5 Å². The van der Waals surface area contributed by atoms with Gasteiger partial charge in [-0.1, -0.05) is 62.4 Å².